The second-order valence-corrected chi connectivity index (χ2v) is 5.31. The molecular weight excluding hydrogens is 192 g/mol. The van der Waals surface area contributed by atoms with Crippen LogP contribution in [0.4, 0.5) is 0 Å². The predicted molar refractivity (Wildman–Crippen MR) is 54.8 cm³/mol. The number of unbranched alkanes of at least 4 members (excludes halogenated alkanes) is 1. The first-order valence-electron chi connectivity index (χ1n) is 3.34. The predicted octanol–water partition coefficient (Wildman–Crippen LogP) is 3.49. The number of hydrogen-bond donors (Lipinski definition) is 0. The fourth-order valence-corrected chi connectivity index (χ4v) is 3.01. The molecule has 1 aromatic heterocycles. The Hall–Kier alpha value is -0.170. The highest BCUT2D eigenvalue weighted by atomic mass is 32.2. The first-order valence-corrected chi connectivity index (χ1v) is 5.44. The van der Waals surface area contributed by atoms with E-state index in [1.807, 2.05) is 0 Å². The second kappa shape index (κ2) is 4.66. The molecule has 0 aromatic carbocycles. The summed E-state index contributed by atoms with van der Waals surface area (Å²) in [5.41, 5.74) is 0. The Morgan fingerprint density at radius 2 is 2.45 bits per heavy atom. The van der Waals surface area contributed by atoms with E-state index in [1.165, 1.54) is 4.88 Å². The average Bonchev–Trinajstić information content (AvgIpc) is 2.37. The maximum Gasteiger partial charge on any atom is 0.143 e. The molecule has 0 nitrogen and oxygen atoms in total. The first-order chi connectivity index (χ1) is 5.33. The minimum Gasteiger partial charge on any atom is -0.121 e. The molecule has 0 amide bonds. The summed E-state index contributed by atoms with van der Waals surface area (Å²) < 4.78 is 1.01. The van der Waals surface area contributed by atoms with Crippen LogP contribution in [0.1, 0.15) is 17.7 Å². The fourth-order valence-electron chi connectivity index (χ4n) is 0.744. The van der Waals surface area contributed by atoms with Crippen molar-refractivity contribution in [1.82, 2.24) is 0 Å². The maximum atomic E-state index is 5.13. The Morgan fingerprint density at radius 3 is 3.00 bits per heavy atom. The van der Waals surface area contributed by atoms with Gasteiger partial charge in [0.15, 0.2) is 0 Å². The van der Waals surface area contributed by atoms with Crippen LogP contribution in [0.25, 0.3) is 0 Å². The molecule has 0 aliphatic heterocycles. The normalized spacial score (nSPS) is 9.36. The van der Waals surface area contributed by atoms with Gasteiger partial charge >= 0.3 is 0 Å². The van der Waals surface area contributed by atoms with Gasteiger partial charge in [-0.3, -0.25) is 0 Å². The third kappa shape index (κ3) is 3.15. The van der Waals surface area contributed by atoms with Crippen molar-refractivity contribution >= 4 is 34.9 Å². The van der Waals surface area contributed by atoms with Crippen LogP contribution in [-0.2, 0) is 6.42 Å². The van der Waals surface area contributed by atoms with Gasteiger partial charge in [0.05, 0.1) is 0 Å². The molecule has 11 heavy (non-hydrogen) atoms. The summed E-state index contributed by atoms with van der Waals surface area (Å²) in [6.07, 6.45) is 8.17. The summed E-state index contributed by atoms with van der Waals surface area (Å²) in [4.78, 5) is 1.37. The van der Waals surface area contributed by atoms with Crippen molar-refractivity contribution in [3.05, 3.63) is 13.4 Å². The van der Waals surface area contributed by atoms with Gasteiger partial charge in [0.1, 0.15) is 3.14 Å². The van der Waals surface area contributed by atoms with Gasteiger partial charge in [-0.2, -0.15) is 0 Å². The van der Waals surface area contributed by atoms with Gasteiger partial charge in [0.25, 0.3) is 0 Å². The van der Waals surface area contributed by atoms with Gasteiger partial charge < -0.3 is 0 Å². The van der Waals surface area contributed by atoms with Crippen molar-refractivity contribution in [2.45, 2.75) is 19.3 Å². The molecule has 0 N–H and O–H groups in total. The van der Waals surface area contributed by atoms with E-state index in [-0.39, 0.29) is 0 Å². The Balaban J connectivity index is 2.40. The average molecular weight is 200 g/mol. The van der Waals surface area contributed by atoms with E-state index in [0.717, 1.165) is 22.4 Å². The van der Waals surface area contributed by atoms with Crippen molar-refractivity contribution in [2.75, 3.05) is 0 Å². The maximum absolute atomic E-state index is 5.13. The third-order valence-corrected chi connectivity index (χ3v) is 3.82. The van der Waals surface area contributed by atoms with Crippen LogP contribution in [0.3, 0.4) is 0 Å². The summed E-state index contributed by atoms with van der Waals surface area (Å²) in [5, 5.41) is 2.13. The third-order valence-electron chi connectivity index (χ3n) is 1.25. The van der Waals surface area contributed by atoms with Gasteiger partial charge in [-0.1, -0.05) is 12.2 Å². The van der Waals surface area contributed by atoms with Crippen molar-refractivity contribution in [3.8, 4) is 12.3 Å². The molecule has 0 aliphatic carbocycles. The van der Waals surface area contributed by atoms with Crippen molar-refractivity contribution in [2.24, 2.45) is 0 Å². The smallest absolute Gasteiger partial charge is 0.121 e. The second-order valence-electron chi connectivity index (χ2n) is 2.11. The summed E-state index contributed by atoms with van der Waals surface area (Å²) in [6, 6.07) is 0. The molecule has 0 bridgehead atoms. The molecule has 0 atom stereocenters. The Bertz CT molecular complexity index is 300. The minimum atomic E-state index is 0.870. The van der Waals surface area contributed by atoms with E-state index in [1.54, 1.807) is 22.7 Å². The van der Waals surface area contributed by atoms with E-state index in [2.05, 4.69) is 11.3 Å². The lowest BCUT2D eigenvalue weighted by Gasteiger charge is -1.89. The molecule has 3 heteroatoms. The SMILES string of the molecule is C#CCCCc1csc(=S)s1. The van der Waals surface area contributed by atoms with Crippen LogP contribution in [-0.4, -0.2) is 0 Å². The minimum absolute atomic E-state index is 0.870. The molecular formula is C8H8S3. The van der Waals surface area contributed by atoms with E-state index < -0.39 is 0 Å². The highest BCUT2D eigenvalue weighted by molar-refractivity contribution is 7.76. The van der Waals surface area contributed by atoms with Crippen LogP contribution in [0.5, 0.6) is 0 Å². The molecule has 0 saturated carbocycles. The van der Waals surface area contributed by atoms with Crippen molar-refractivity contribution in [1.29, 1.82) is 0 Å². The molecule has 1 heterocycles. The Kier molecular flexibility index (Phi) is 3.78. The van der Waals surface area contributed by atoms with E-state index >= 15 is 0 Å². The number of rotatable bonds is 3. The summed E-state index contributed by atoms with van der Waals surface area (Å²) in [5.74, 6) is 2.63. The largest absolute Gasteiger partial charge is 0.143 e. The summed E-state index contributed by atoms with van der Waals surface area (Å²) in [7, 11) is 0. The quantitative estimate of drug-likeness (QED) is 0.409. The van der Waals surface area contributed by atoms with Gasteiger partial charge in [0.2, 0.25) is 0 Å². The fraction of sp³-hybridized carbons (Fsp3) is 0.375. The van der Waals surface area contributed by atoms with Crippen LogP contribution in [0, 0.1) is 15.5 Å². The van der Waals surface area contributed by atoms with Gasteiger partial charge in [-0.25, -0.2) is 0 Å². The molecule has 0 aliphatic rings. The topological polar surface area (TPSA) is 0 Å². The van der Waals surface area contributed by atoms with Gasteiger partial charge in [0, 0.05) is 16.7 Å². The molecule has 1 rings (SSSR count). The highest BCUT2D eigenvalue weighted by Crippen LogP contribution is 2.18. The van der Waals surface area contributed by atoms with Crippen LogP contribution < -0.4 is 0 Å². The summed E-state index contributed by atoms with van der Waals surface area (Å²) in [6.45, 7) is 0. The Morgan fingerprint density at radius 1 is 1.64 bits per heavy atom. The summed E-state index contributed by atoms with van der Waals surface area (Å²) >= 11 is 8.36. The lowest BCUT2D eigenvalue weighted by Crippen LogP contribution is -1.77. The lowest BCUT2D eigenvalue weighted by molar-refractivity contribution is 0.872. The van der Waals surface area contributed by atoms with Crippen LogP contribution in [0.2, 0.25) is 0 Å². The zero-order valence-corrected chi connectivity index (χ0v) is 8.45. The number of terminal acetylenes is 1. The molecule has 1 aromatic rings. The van der Waals surface area contributed by atoms with E-state index in [4.69, 9.17) is 18.6 Å². The lowest BCUT2D eigenvalue weighted by atomic mass is 10.2. The number of aryl methyl sites for hydroxylation is 1. The molecule has 58 valence electrons. The highest BCUT2D eigenvalue weighted by Gasteiger charge is 1.94. The monoisotopic (exact) mass is 200 g/mol. The van der Waals surface area contributed by atoms with Crippen molar-refractivity contribution in [3.63, 3.8) is 0 Å². The van der Waals surface area contributed by atoms with Crippen LogP contribution in [0.15, 0.2) is 5.38 Å². The zero-order valence-electron chi connectivity index (χ0n) is 6.00. The standard InChI is InChI=1S/C8H8S3/c1-2-3-4-5-7-6-10-8(9)11-7/h1,6H,3-5H2. The van der Waals surface area contributed by atoms with Gasteiger partial charge in [-0.05, 0) is 12.8 Å². The van der Waals surface area contributed by atoms with Crippen molar-refractivity contribution < 1.29 is 0 Å². The number of hydrogen-bond acceptors (Lipinski definition) is 3. The van der Waals surface area contributed by atoms with E-state index in [0.29, 0.717) is 0 Å². The molecule has 0 fully saturated rings. The molecule has 0 spiro atoms. The molecule has 0 radical (unpaired) electrons. The van der Waals surface area contributed by atoms with Gasteiger partial charge in [-0.15, -0.1) is 35.0 Å². The zero-order chi connectivity index (χ0) is 8.10. The Labute approximate surface area is 79.9 Å². The van der Waals surface area contributed by atoms with Crippen LogP contribution >= 0.6 is 34.9 Å². The molecule has 0 saturated heterocycles. The van der Waals surface area contributed by atoms with E-state index in [9.17, 15) is 0 Å². The first kappa shape index (κ1) is 8.92. The molecule has 0 unspecified atom stereocenters.